The van der Waals surface area contributed by atoms with Crippen LogP contribution in [-0.4, -0.2) is 32.0 Å². The number of benzene rings is 1. The van der Waals surface area contributed by atoms with Gasteiger partial charge in [0.15, 0.2) is 0 Å². The second-order valence-corrected chi connectivity index (χ2v) is 6.48. The zero-order valence-electron chi connectivity index (χ0n) is 12.0. The summed E-state index contributed by atoms with van der Waals surface area (Å²) in [7, 11) is -1.62. The molecular formula is C14H20N4O2S. The first-order chi connectivity index (χ1) is 10.1. The third-order valence-electron chi connectivity index (χ3n) is 3.03. The maximum absolute atomic E-state index is 12.2. The van der Waals surface area contributed by atoms with Crippen molar-refractivity contribution in [1.82, 2.24) is 20.0 Å². The molecule has 7 heteroatoms. The molecule has 6 nitrogen and oxygen atoms in total. The summed E-state index contributed by atoms with van der Waals surface area (Å²) < 4.78 is 27.0. The smallest absolute Gasteiger partial charge is 0.240 e. The summed E-state index contributed by atoms with van der Waals surface area (Å²) in [4.78, 5) is 7.39. The van der Waals surface area contributed by atoms with E-state index in [1.807, 2.05) is 13.1 Å². The van der Waals surface area contributed by atoms with Gasteiger partial charge in [-0.2, -0.15) is 0 Å². The van der Waals surface area contributed by atoms with Gasteiger partial charge in [-0.05, 0) is 31.2 Å². The van der Waals surface area contributed by atoms with Crippen molar-refractivity contribution in [1.29, 1.82) is 0 Å². The van der Waals surface area contributed by atoms with Crippen LogP contribution in [0.5, 0.6) is 0 Å². The summed E-state index contributed by atoms with van der Waals surface area (Å²) in [6, 6.07) is 6.94. The van der Waals surface area contributed by atoms with E-state index in [0.29, 0.717) is 24.4 Å². The number of rotatable bonds is 8. The molecule has 0 radical (unpaired) electrons. The Bertz CT molecular complexity index is 653. The first kappa shape index (κ1) is 15.7. The van der Waals surface area contributed by atoms with E-state index in [1.165, 1.54) is 0 Å². The number of aryl methyl sites for hydroxylation is 1. The van der Waals surface area contributed by atoms with Crippen molar-refractivity contribution in [2.24, 2.45) is 0 Å². The van der Waals surface area contributed by atoms with Crippen molar-refractivity contribution in [2.45, 2.75) is 24.3 Å². The molecule has 1 aromatic heterocycles. The Balaban J connectivity index is 1.90. The maximum Gasteiger partial charge on any atom is 0.240 e. The monoisotopic (exact) mass is 308 g/mol. The maximum atomic E-state index is 12.2. The predicted octanol–water partition coefficient (Wildman–Crippen LogP) is 1.04. The van der Waals surface area contributed by atoms with E-state index >= 15 is 0 Å². The standard InChI is InChI=1S/C14H20N4O2S/c1-15-11-12-4-2-5-13(10-12)21(19,20)18-7-3-6-14-16-8-9-17-14/h2,4-5,8-10,15,18H,3,6-7,11H2,1H3,(H,16,17). The van der Waals surface area contributed by atoms with Crippen LogP contribution in [0.1, 0.15) is 17.8 Å². The molecule has 0 unspecified atom stereocenters. The molecule has 1 aromatic carbocycles. The largest absolute Gasteiger partial charge is 0.349 e. The molecule has 0 spiro atoms. The Morgan fingerprint density at radius 2 is 2.19 bits per heavy atom. The minimum Gasteiger partial charge on any atom is -0.349 e. The van der Waals surface area contributed by atoms with Gasteiger partial charge < -0.3 is 10.3 Å². The van der Waals surface area contributed by atoms with Gasteiger partial charge in [0.2, 0.25) is 10.0 Å². The van der Waals surface area contributed by atoms with Crippen LogP contribution in [0, 0.1) is 0 Å². The lowest BCUT2D eigenvalue weighted by Crippen LogP contribution is -2.25. The number of H-pyrrole nitrogens is 1. The molecule has 2 aromatic rings. The first-order valence-electron chi connectivity index (χ1n) is 6.83. The lowest BCUT2D eigenvalue weighted by molar-refractivity contribution is 0.578. The predicted molar refractivity (Wildman–Crippen MR) is 81.3 cm³/mol. The average Bonchev–Trinajstić information content (AvgIpc) is 2.98. The van der Waals surface area contributed by atoms with Gasteiger partial charge in [-0.25, -0.2) is 18.1 Å². The van der Waals surface area contributed by atoms with E-state index < -0.39 is 10.0 Å². The Labute approximate surface area is 125 Å². The highest BCUT2D eigenvalue weighted by atomic mass is 32.2. The van der Waals surface area contributed by atoms with Crippen molar-refractivity contribution >= 4 is 10.0 Å². The summed E-state index contributed by atoms with van der Waals surface area (Å²) in [6.07, 6.45) is 4.86. The van der Waals surface area contributed by atoms with Gasteiger partial charge in [0, 0.05) is 31.9 Å². The van der Waals surface area contributed by atoms with E-state index in [4.69, 9.17) is 0 Å². The normalized spacial score (nSPS) is 11.7. The topological polar surface area (TPSA) is 86.9 Å². The summed E-state index contributed by atoms with van der Waals surface area (Å²) in [5.41, 5.74) is 0.941. The summed E-state index contributed by atoms with van der Waals surface area (Å²) in [6.45, 7) is 1.03. The highest BCUT2D eigenvalue weighted by molar-refractivity contribution is 7.89. The quantitative estimate of drug-likeness (QED) is 0.636. The molecule has 3 N–H and O–H groups in total. The van der Waals surface area contributed by atoms with Crippen LogP contribution in [0.2, 0.25) is 0 Å². The molecule has 114 valence electrons. The van der Waals surface area contributed by atoms with E-state index in [9.17, 15) is 8.42 Å². The molecule has 1 heterocycles. The molecule has 0 aliphatic rings. The van der Waals surface area contributed by atoms with Crippen molar-refractivity contribution < 1.29 is 8.42 Å². The second-order valence-electron chi connectivity index (χ2n) is 4.71. The highest BCUT2D eigenvalue weighted by Crippen LogP contribution is 2.11. The number of aromatic nitrogens is 2. The van der Waals surface area contributed by atoms with Crippen LogP contribution in [0.4, 0.5) is 0 Å². The highest BCUT2D eigenvalue weighted by Gasteiger charge is 2.13. The Morgan fingerprint density at radius 1 is 1.33 bits per heavy atom. The molecule has 0 aliphatic carbocycles. The SMILES string of the molecule is CNCc1cccc(S(=O)(=O)NCCCc2ncc[nH]2)c1. The lowest BCUT2D eigenvalue weighted by Gasteiger charge is -2.08. The molecule has 0 saturated carbocycles. The molecule has 0 saturated heterocycles. The number of sulfonamides is 1. The molecule has 0 aliphatic heterocycles. The molecule has 0 amide bonds. The number of aromatic amines is 1. The Kier molecular flexibility index (Phi) is 5.49. The van der Waals surface area contributed by atoms with E-state index in [1.54, 1.807) is 30.6 Å². The minimum atomic E-state index is -3.45. The van der Waals surface area contributed by atoms with Gasteiger partial charge in [0.1, 0.15) is 5.82 Å². The summed E-state index contributed by atoms with van der Waals surface area (Å²) >= 11 is 0. The van der Waals surface area contributed by atoms with Crippen molar-refractivity contribution in [3.05, 3.63) is 48.0 Å². The second kappa shape index (κ2) is 7.35. The van der Waals surface area contributed by atoms with Crippen LogP contribution < -0.4 is 10.0 Å². The molecule has 0 bridgehead atoms. The molecule has 0 fully saturated rings. The van der Waals surface area contributed by atoms with Gasteiger partial charge in [0.05, 0.1) is 4.90 Å². The summed E-state index contributed by atoms with van der Waals surface area (Å²) in [5, 5.41) is 3.00. The number of hydrogen-bond acceptors (Lipinski definition) is 4. The van der Waals surface area contributed by atoms with Gasteiger partial charge in [-0.3, -0.25) is 0 Å². The first-order valence-corrected chi connectivity index (χ1v) is 8.31. The molecule has 21 heavy (non-hydrogen) atoms. The Morgan fingerprint density at radius 3 is 2.90 bits per heavy atom. The van der Waals surface area contributed by atoms with Gasteiger partial charge in [-0.15, -0.1) is 0 Å². The number of hydrogen-bond donors (Lipinski definition) is 3. The third kappa shape index (κ3) is 4.66. The number of imidazole rings is 1. The van der Waals surface area contributed by atoms with Crippen LogP contribution in [0.3, 0.4) is 0 Å². The number of nitrogens with one attached hydrogen (secondary N) is 3. The zero-order chi connectivity index (χ0) is 15.1. The fourth-order valence-corrected chi connectivity index (χ4v) is 3.15. The van der Waals surface area contributed by atoms with Crippen molar-refractivity contribution in [2.75, 3.05) is 13.6 Å². The summed E-state index contributed by atoms with van der Waals surface area (Å²) in [5.74, 6) is 0.866. The Hall–Kier alpha value is -1.70. The van der Waals surface area contributed by atoms with Crippen molar-refractivity contribution in [3.63, 3.8) is 0 Å². The van der Waals surface area contributed by atoms with Crippen LogP contribution in [-0.2, 0) is 23.0 Å². The van der Waals surface area contributed by atoms with Crippen LogP contribution in [0.25, 0.3) is 0 Å². The van der Waals surface area contributed by atoms with E-state index in [-0.39, 0.29) is 0 Å². The minimum absolute atomic E-state index is 0.299. The van der Waals surface area contributed by atoms with Crippen LogP contribution >= 0.6 is 0 Å². The van der Waals surface area contributed by atoms with Gasteiger partial charge >= 0.3 is 0 Å². The zero-order valence-corrected chi connectivity index (χ0v) is 12.8. The molecule has 2 rings (SSSR count). The van der Waals surface area contributed by atoms with Crippen molar-refractivity contribution in [3.8, 4) is 0 Å². The van der Waals surface area contributed by atoms with Gasteiger partial charge in [0.25, 0.3) is 0 Å². The third-order valence-corrected chi connectivity index (χ3v) is 4.49. The fourth-order valence-electron chi connectivity index (χ4n) is 2.01. The molecule has 0 atom stereocenters. The van der Waals surface area contributed by atoms with Gasteiger partial charge in [-0.1, -0.05) is 12.1 Å². The fraction of sp³-hybridized carbons (Fsp3) is 0.357. The number of nitrogens with zero attached hydrogens (tertiary/aromatic N) is 1. The average molecular weight is 308 g/mol. The van der Waals surface area contributed by atoms with E-state index in [2.05, 4.69) is 20.0 Å². The van der Waals surface area contributed by atoms with Crippen LogP contribution in [0.15, 0.2) is 41.6 Å². The van der Waals surface area contributed by atoms with E-state index in [0.717, 1.165) is 17.8 Å². The molecular weight excluding hydrogens is 288 g/mol. The lowest BCUT2D eigenvalue weighted by atomic mass is 10.2.